The first-order valence-electron chi connectivity index (χ1n) is 7.38. The van der Waals surface area contributed by atoms with E-state index in [0.717, 1.165) is 19.3 Å². The molecule has 1 amide bonds. The van der Waals surface area contributed by atoms with Crippen molar-refractivity contribution in [3.8, 4) is 0 Å². The number of ether oxygens (including phenoxy) is 1. The molecule has 1 aliphatic heterocycles. The minimum absolute atomic E-state index is 0.0334. The van der Waals surface area contributed by atoms with E-state index in [4.69, 9.17) is 10.5 Å². The third-order valence-electron chi connectivity index (χ3n) is 3.87. The molecular weight excluding hydrogens is 240 g/mol. The number of nitrogens with one attached hydrogen (secondary N) is 1. The summed E-state index contributed by atoms with van der Waals surface area (Å²) in [5.74, 6) is -0.0334. The van der Waals surface area contributed by atoms with Gasteiger partial charge in [0.05, 0.1) is 11.6 Å². The van der Waals surface area contributed by atoms with Crippen LogP contribution >= 0.6 is 0 Å². The van der Waals surface area contributed by atoms with Crippen LogP contribution in [0.4, 0.5) is 0 Å². The van der Waals surface area contributed by atoms with Crippen LogP contribution in [0, 0.1) is 5.41 Å². The third kappa shape index (κ3) is 4.77. The van der Waals surface area contributed by atoms with Gasteiger partial charge in [-0.15, -0.1) is 0 Å². The Hall–Kier alpha value is -0.610. The van der Waals surface area contributed by atoms with Crippen LogP contribution in [-0.4, -0.2) is 30.2 Å². The van der Waals surface area contributed by atoms with Crippen LogP contribution in [0.3, 0.4) is 0 Å². The number of hydrogen-bond acceptors (Lipinski definition) is 3. The van der Waals surface area contributed by atoms with E-state index in [1.807, 2.05) is 13.8 Å². The second kappa shape index (κ2) is 6.23. The van der Waals surface area contributed by atoms with E-state index in [0.29, 0.717) is 13.0 Å². The van der Waals surface area contributed by atoms with E-state index in [-0.39, 0.29) is 23.5 Å². The summed E-state index contributed by atoms with van der Waals surface area (Å²) in [6, 6.07) is 0.185. The third-order valence-corrected chi connectivity index (χ3v) is 3.87. The Labute approximate surface area is 117 Å². The van der Waals surface area contributed by atoms with Gasteiger partial charge in [-0.25, -0.2) is 0 Å². The van der Waals surface area contributed by atoms with Gasteiger partial charge < -0.3 is 15.8 Å². The maximum absolute atomic E-state index is 12.2. The average molecular weight is 270 g/mol. The molecule has 1 saturated heterocycles. The van der Waals surface area contributed by atoms with E-state index in [1.54, 1.807) is 0 Å². The van der Waals surface area contributed by atoms with Crippen LogP contribution in [0.5, 0.6) is 0 Å². The monoisotopic (exact) mass is 270 g/mol. The van der Waals surface area contributed by atoms with Crippen molar-refractivity contribution in [1.82, 2.24) is 5.32 Å². The van der Waals surface area contributed by atoms with Crippen molar-refractivity contribution in [2.24, 2.45) is 11.1 Å². The highest BCUT2D eigenvalue weighted by Crippen LogP contribution is 2.29. The predicted octanol–water partition coefficient (Wildman–Crippen LogP) is 2.21. The fourth-order valence-electron chi connectivity index (χ4n) is 2.51. The first-order chi connectivity index (χ1) is 8.66. The zero-order chi connectivity index (χ0) is 14.7. The van der Waals surface area contributed by atoms with Gasteiger partial charge in [-0.05, 0) is 31.6 Å². The van der Waals surface area contributed by atoms with E-state index in [2.05, 4.69) is 26.1 Å². The smallest absolute Gasteiger partial charge is 0.240 e. The van der Waals surface area contributed by atoms with Gasteiger partial charge >= 0.3 is 0 Å². The maximum atomic E-state index is 12.2. The van der Waals surface area contributed by atoms with Crippen molar-refractivity contribution in [3.63, 3.8) is 0 Å². The summed E-state index contributed by atoms with van der Waals surface area (Å²) in [4.78, 5) is 12.2. The molecule has 1 fully saturated rings. The fraction of sp³-hybridized carbons (Fsp3) is 0.933. The molecule has 1 aliphatic rings. The highest BCUT2D eigenvalue weighted by atomic mass is 16.5. The summed E-state index contributed by atoms with van der Waals surface area (Å²) in [5, 5.41) is 3.10. The molecule has 4 heteroatoms. The molecule has 0 radical (unpaired) electrons. The van der Waals surface area contributed by atoms with Crippen molar-refractivity contribution in [1.29, 1.82) is 0 Å². The second-order valence-corrected chi connectivity index (χ2v) is 7.09. The molecule has 19 heavy (non-hydrogen) atoms. The molecule has 3 N–H and O–H groups in total. The van der Waals surface area contributed by atoms with Crippen LogP contribution in [-0.2, 0) is 9.53 Å². The van der Waals surface area contributed by atoms with E-state index < -0.39 is 5.54 Å². The molecule has 4 nitrogen and oxygen atoms in total. The Bertz CT molecular complexity index is 308. The molecule has 0 spiro atoms. The Morgan fingerprint density at radius 3 is 2.53 bits per heavy atom. The molecule has 3 atom stereocenters. The summed E-state index contributed by atoms with van der Waals surface area (Å²) < 4.78 is 5.80. The number of carbonyl (C=O) groups is 1. The number of rotatable bonds is 4. The highest BCUT2D eigenvalue weighted by Gasteiger charge is 2.34. The molecule has 1 heterocycles. The molecule has 0 bridgehead atoms. The van der Waals surface area contributed by atoms with Crippen molar-refractivity contribution in [2.75, 3.05) is 6.61 Å². The molecule has 0 aromatic heterocycles. The van der Waals surface area contributed by atoms with Gasteiger partial charge in [0, 0.05) is 12.6 Å². The zero-order valence-corrected chi connectivity index (χ0v) is 13.1. The van der Waals surface area contributed by atoms with Gasteiger partial charge in [-0.2, -0.15) is 0 Å². The van der Waals surface area contributed by atoms with Gasteiger partial charge in [-0.3, -0.25) is 4.79 Å². The van der Waals surface area contributed by atoms with Gasteiger partial charge in [0.2, 0.25) is 5.91 Å². The lowest BCUT2D eigenvalue weighted by Gasteiger charge is -2.38. The number of carbonyl (C=O) groups excluding carboxylic acids is 1. The van der Waals surface area contributed by atoms with E-state index in [9.17, 15) is 4.79 Å². The zero-order valence-electron chi connectivity index (χ0n) is 13.1. The van der Waals surface area contributed by atoms with Gasteiger partial charge in [0.1, 0.15) is 0 Å². The Kier molecular flexibility index (Phi) is 5.39. The second-order valence-electron chi connectivity index (χ2n) is 7.09. The summed E-state index contributed by atoms with van der Waals surface area (Å²) in [7, 11) is 0. The minimum atomic E-state index is -0.760. The Balaban J connectivity index is 2.55. The number of nitrogens with two attached hydrogens (primary N) is 1. The molecule has 3 unspecified atom stereocenters. The SMILES string of the molecule is CCCC(C)(N)C(=O)NC1CCOC(C(C)(C)C)C1. The quantitative estimate of drug-likeness (QED) is 0.823. The number of hydrogen-bond donors (Lipinski definition) is 2. The minimum Gasteiger partial charge on any atom is -0.378 e. The highest BCUT2D eigenvalue weighted by molar-refractivity contribution is 5.85. The van der Waals surface area contributed by atoms with Gasteiger partial charge in [0.15, 0.2) is 0 Å². The summed E-state index contributed by atoms with van der Waals surface area (Å²) in [6.45, 7) is 11.1. The van der Waals surface area contributed by atoms with Crippen molar-refractivity contribution in [2.45, 2.75) is 78.0 Å². The van der Waals surface area contributed by atoms with Crippen LogP contribution < -0.4 is 11.1 Å². The maximum Gasteiger partial charge on any atom is 0.240 e. The Morgan fingerprint density at radius 2 is 2.00 bits per heavy atom. The molecule has 1 rings (SSSR count). The molecule has 112 valence electrons. The topological polar surface area (TPSA) is 64.4 Å². The van der Waals surface area contributed by atoms with Crippen molar-refractivity contribution in [3.05, 3.63) is 0 Å². The molecular formula is C15H30N2O2. The lowest BCUT2D eigenvalue weighted by molar-refractivity contribution is -0.128. The van der Waals surface area contributed by atoms with Crippen LogP contribution in [0.2, 0.25) is 0 Å². The summed E-state index contributed by atoms with van der Waals surface area (Å²) in [6.07, 6.45) is 3.57. The van der Waals surface area contributed by atoms with Gasteiger partial charge in [0.25, 0.3) is 0 Å². The van der Waals surface area contributed by atoms with E-state index >= 15 is 0 Å². The lowest BCUT2D eigenvalue weighted by atomic mass is 9.83. The summed E-state index contributed by atoms with van der Waals surface area (Å²) >= 11 is 0. The predicted molar refractivity (Wildman–Crippen MR) is 77.9 cm³/mol. The average Bonchev–Trinajstić information content (AvgIpc) is 2.28. The summed E-state index contributed by atoms with van der Waals surface area (Å²) in [5.41, 5.74) is 5.42. The molecule has 0 saturated carbocycles. The first kappa shape index (κ1) is 16.4. The van der Waals surface area contributed by atoms with Crippen LogP contribution in [0.25, 0.3) is 0 Å². The van der Waals surface area contributed by atoms with Gasteiger partial charge in [-0.1, -0.05) is 34.1 Å². The lowest BCUT2D eigenvalue weighted by Crippen LogP contribution is -2.56. The molecule has 0 aromatic carbocycles. The largest absolute Gasteiger partial charge is 0.378 e. The molecule has 0 aromatic rings. The van der Waals surface area contributed by atoms with Crippen LogP contribution in [0.1, 0.15) is 60.3 Å². The number of amides is 1. The fourth-order valence-corrected chi connectivity index (χ4v) is 2.51. The van der Waals surface area contributed by atoms with Crippen molar-refractivity contribution < 1.29 is 9.53 Å². The molecule has 0 aliphatic carbocycles. The Morgan fingerprint density at radius 1 is 1.37 bits per heavy atom. The first-order valence-corrected chi connectivity index (χ1v) is 7.38. The van der Waals surface area contributed by atoms with Crippen LogP contribution in [0.15, 0.2) is 0 Å². The normalized spacial score (nSPS) is 27.7. The standard InChI is InChI=1S/C15H30N2O2/c1-6-8-15(5,16)13(18)17-11-7-9-19-12(10-11)14(2,3)4/h11-12H,6-10,16H2,1-5H3,(H,17,18). The van der Waals surface area contributed by atoms with Crippen molar-refractivity contribution >= 4 is 5.91 Å². The van der Waals surface area contributed by atoms with E-state index in [1.165, 1.54) is 0 Å².